The molecule has 1 aromatic heterocycles. The van der Waals surface area contributed by atoms with Crippen LogP contribution in [0.25, 0.3) is 0 Å². The summed E-state index contributed by atoms with van der Waals surface area (Å²) >= 11 is 0. The summed E-state index contributed by atoms with van der Waals surface area (Å²) in [6.45, 7) is 1.17. The van der Waals surface area contributed by atoms with Crippen LogP contribution in [-0.4, -0.2) is 33.9 Å². The van der Waals surface area contributed by atoms with E-state index in [1.807, 2.05) is 0 Å². The molecule has 1 aromatic carbocycles. The minimum atomic E-state index is -4.32. The molecule has 0 saturated carbocycles. The van der Waals surface area contributed by atoms with Crippen molar-refractivity contribution in [2.45, 2.75) is 31.9 Å². The number of hydrogen-bond acceptors (Lipinski definition) is 3. The monoisotopic (exact) mass is 363 g/mol. The molecule has 4 nitrogen and oxygen atoms in total. The molecule has 1 aliphatic heterocycles. The molecule has 0 N–H and O–H groups in total. The van der Waals surface area contributed by atoms with Gasteiger partial charge in [-0.1, -0.05) is 18.2 Å². The van der Waals surface area contributed by atoms with E-state index in [0.29, 0.717) is 37.4 Å². The van der Waals surface area contributed by atoms with Gasteiger partial charge in [-0.15, -0.1) is 0 Å². The zero-order valence-electron chi connectivity index (χ0n) is 14.2. The standard InChI is InChI=1S/C19H20F3N3O/c20-19(21,22)16-5-2-1-4-15(16)7-6-14-8-12-25(13-9-14)18(26)17-23-10-3-11-24-17/h1-5,10-11,14H,6-9,12-13H2. The number of rotatable bonds is 4. The van der Waals surface area contributed by atoms with Crippen molar-refractivity contribution in [1.29, 1.82) is 0 Å². The van der Waals surface area contributed by atoms with Gasteiger partial charge in [-0.25, -0.2) is 9.97 Å². The molecule has 1 aliphatic rings. The number of carbonyl (C=O) groups excluding carboxylic acids is 1. The summed E-state index contributed by atoms with van der Waals surface area (Å²) in [6, 6.07) is 7.40. The Kier molecular flexibility index (Phi) is 5.54. The number of nitrogens with zero attached hydrogens (tertiary/aromatic N) is 3. The number of aryl methyl sites for hydroxylation is 1. The number of hydrogen-bond donors (Lipinski definition) is 0. The fraction of sp³-hybridized carbons (Fsp3) is 0.421. The molecule has 0 bridgehead atoms. The van der Waals surface area contributed by atoms with Crippen LogP contribution in [0.3, 0.4) is 0 Å². The first kappa shape index (κ1) is 18.4. The number of halogens is 3. The predicted octanol–water partition coefficient (Wildman–Crippen LogP) is 3.98. The van der Waals surface area contributed by atoms with Crippen LogP contribution >= 0.6 is 0 Å². The SMILES string of the molecule is O=C(c1ncccn1)N1CCC(CCc2ccccc2C(F)(F)F)CC1. The van der Waals surface area contributed by atoms with Crippen molar-refractivity contribution in [2.24, 2.45) is 5.92 Å². The Morgan fingerprint density at radius 2 is 1.73 bits per heavy atom. The molecule has 0 radical (unpaired) electrons. The molecule has 138 valence electrons. The Bertz CT molecular complexity index is 741. The Hall–Kier alpha value is -2.44. The largest absolute Gasteiger partial charge is 0.416 e. The lowest BCUT2D eigenvalue weighted by Gasteiger charge is -2.31. The predicted molar refractivity (Wildman–Crippen MR) is 90.4 cm³/mol. The van der Waals surface area contributed by atoms with Crippen LogP contribution in [0.1, 0.15) is 41.0 Å². The van der Waals surface area contributed by atoms with Gasteiger partial charge in [0.25, 0.3) is 5.91 Å². The Morgan fingerprint density at radius 1 is 1.08 bits per heavy atom. The maximum atomic E-state index is 13.1. The van der Waals surface area contributed by atoms with Crippen LogP contribution < -0.4 is 0 Å². The van der Waals surface area contributed by atoms with Crippen molar-refractivity contribution in [2.75, 3.05) is 13.1 Å². The number of alkyl halides is 3. The molecule has 1 saturated heterocycles. The van der Waals surface area contributed by atoms with Gasteiger partial charge in [0.05, 0.1) is 5.56 Å². The van der Waals surface area contributed by atoms with E-state index in [4.69, 9.17) is 0 Å². The summed E-state index contributed by atoms with van der Waals surface area (Å²) in [5, 5.41) is 0. The van der Waals surface area contributed by atoms with E-state index in [2.05, 4.69) is 9.97 Å². The first-order valence-electron chi connectivity index (χ1n) is 8.66. The Labute approximate surface area is 150 Å². The van der Waals surface area contributed by atoms with E-state index in [-0.39, 0.29) is 11.7 Å². The summed E-state index contributed by atoms with van der Waals surface area (Å²) in [6.07, 6.45) is 1.41. The first-order chi connectivity index (χ1) is 12.4. The van der Waals surface area contributed by atoms with Crippen LogP contribution in [0.4, 0.5) is 13.2 Å². The summed E-state index contributed by atoms with van der Waals surface area (Å²) in [5.41, 5.74) is -0.204. The molecular formula is C19H20F3N3O. The molecule has 7 heteroatoms. The normalized spacial score (nSPS) is 15.9. The molecule has 2 aromatic rings. The smallest absolute Gasteiger partial charge is 0.336 e. The molecule has 0 atom stereocenters. The molecule has 1 fully saturated rings. The van der Waals surface area contributed by atoms with Crippen molar-refractivity contribution in [1.82, 2.24) is 14.9 Å². The van der Waals surface area contributed by atoms with Crippen LogP contribution in [0.2, 0.25) is 0 Å². The topological polar surface area (TPSA) is 46.1 Å². The van der Waals surface area contributed by atoms with Crippen molar-refractivity contribution in [3.8, 4) is 0 Å². The Balaban J connectivity index is 1.53. The van der Waals surface area contributed by atoms with Gasteiger partial charge in [0.1, 0.15) is 0 Å². The molecule has 3 rings (SSSR count). The Morgan fingerprint density at radius 3 is 2.38 bits per heavy atom. The van der Waals surface area contributed by atoms with E-state index in [1.54, 1.807) is 23.1 Å². The van der Waals surface area contributed by atoms with E-state index in [1.165, 1.54) is 18.5 Å². The van der Waals surface area contributed by atoms with Crippen molar-refractivity contribution >= 4 is 5.91 Å². The van der Waals surface area contributed by atoms with Crippen molar-refractivity contribution < 1.29 is 18.0 Å². The quantitative estimate of drug-likeness (QED) is 0.825. The van der Waals surface area contributed by atoms with Gasteiger partial charge in [0, 0.05) is 25.5 Å². The van der Waals surface area contributed by atoms with Crippen LogP contribution in [0.5, 0.6) is 0 Å². The fourth-order valence-corrected chi connectivity index (χ4v) is 3.35. The zero-order chi connectivity index (χ0) is 18.6. The number of amides is 1. The van der Waals surface area contributed by atoms with Gasteiger partial charge in [-0.05, 0) is 49.3 Å². The van der Waals surface area contributed by atoms with Crippen molar-refractivity contribution in [3.05, 3.63) is 59.7 Å². The summed E-state index contributed by atoms with van der Waals surface area (Å²) in [7, 11) is 0. The lowest BCUT2D eigenvalue weighted by Crippen LogP contribution is -2.39. The number of aromatic nitrogens is 2. The van der Waals surface area contributed by atoms with Gasteiger partial charge in [-0.2, -0.15) is 13.2 Å². The van der Waals surface area contributed by atoms with E-state index in [9.17, 15) is 18.0 Å². The third kappa shape index (κ3) is 4.39. The van der Waals surface area contributed by atoms with Gasteiger partial charge < -0.3 is 4.90 Å². The van der Waals surface area contributed by atoms with Gasteiger partial charge >= 0.3 is 6.18 Å². The van der Waals surface area contributed by atoms with Crippen LogP contribution in [-0.2, 0) is 12.6 Å². The van der Waals surface area contributed by atoms with E-state index >= 15 is 0 Å². The van der Waals surface area contributed by atoms with E-state index < -0.39 is 11.7 Å². The third-order valence-corrected chi connectivity index (χ3v) is 4.80. The number of piperidine rings is 1. The lowest BCUT2D eigenvalue weighted by atomic mass is 9.89. The van der Waals surface area contributed by atoms with Gasteiger partial charge in [-0.3, -0.25) is 4.79 Å². The molecule has 0 aliphatic carbocycles. The van der Waals surface area contributed by atoms with Crippen LogP contribution in [0.15, 0.2) is 42.7 Å². The second-order valence-corrected chi connectivity index (χ2v) is 6.50. The summed E-state index contributed by atoms with van der Waals surface area (Å²) < 4.78 is 39.2. The summed E-state index contributed by atoms with van der Waals surface area (Å²) in [5.74, 6) is 0.313. The van der Waals surface area contributed by atoms with Gasteiger partial charge in [0.2, 0.25) is 5.82 Å². The zero-order valence-corrected chi connectivity index (χ0v) is 14.2. The highest BCUT2D eigenvalue weighted by Crippen LogP contribution is 2.33. The molecule has 0 spiro atoms. The minimum Gasteiger partial charge on any atom is -0.336 e. The van der Waals surface area contributed by atoms with Crippen molar-refractivity contribution in [3.63, 3.8) is 0 Å². The second kappa shape index (κ2) is 7.85. The van der Waals surface area contributed by atoms with Gasteiger partial charge in [0.15, 0.2) is 0 Å². The average molecular weight is 363 g/mol. The fourth-order valence-electron chi connectivity index (χ4n) is 3.35. The number of benzene rings is 1. The molecule has 1 amide bonds. The molecule has 2 heterocycles. The molecule has 26 heavy (non-hydrogen) atoms. The lowest BCUT2D eigenvalue weighted by molar-refractivity contribution is -0.138. The average Bonchev–Trinajstić information content (AvgIpc) is 2.66. The highest BCUT2D eigenvalue weighted by Gasteiger charge is 2.33. The number of carbonyl (C=O) groups is 1. The minimum absolute atomic E-state index is 0.185. The second-order valence-electron chi connectivity index (χ2n) is 6.50. The molecular weight excluding hydrogens is 343 g/mol. The summed E-state index contributed by atoms with van der Waals surface area (Å²) in [4.78, 5) is 22.0. The highest BCUT2D eigenvalue weighted by atomic mass is 19.4. The maximum Gasteiger partial charge on any atom is 0.416 e. The third-order valence-electron chi connectivity index (χ3n) is 4.80. The highest BCUT2D eigenvalue weighted by molar-refractivity contribution is 5.90. The molecule has 0 unspecified atom stereocenters. The number of likely N-dealkylation sites (tertiary alicyclic amines) is 1. The van der Waals surface area contributed by atoms with E-state index in [0.717, 1.165) is 18.9 Å². The van der Waals surface area contributed by atoms with Crippen LogP contribution in [0, 0.1) is 5.92 Å². The maximum absolute atomic E-state index is 13.1. The first-order valence-corrected chi connectivity index (χ1v) is 8.66.